The van der Waals surface area contributed by atoms with Gasteiger partial charge in [-0.25, -0.2) is 0 Å². The van der Waals surface area contributed by atoms with Crippen LogP contribution in [-0.4, -0.2) is 28.4 Å². The van der Waals surface area contributed by atoms with Crippen LogP contribution in [-0.2, 0) is 9.59 Å². The molecule has 0 aromatic heterocycles. The summed E-state index contributed by atoms with van der Waals surface area (Å²) in [7, 11) is 0. The maximum atomic E-state index is 12.0. The summed E-state index contributed by atoms with van der Waals surface area (Å²) in [5.74, 6) is -5.05. The molecule has 3 rings (SSSR count). The number of fused-ring (bicyclic) bond motifs is 2. The molecule has 98 valence electrons. The number of carboxylic acid groups (broad SMARTS) is 1. The normalized spacial score (nSPS) is 18.2. The Morgan fingerprint density at radius 3 is 2.15 bits per heavy atom. The van der Waals surface area contributed by atoms with Gasteiger partial charge in [0.05, 0.1) is 5.71 Å². The van der Waals surface area contributed by atoms with E-state index in [1.54, 1.807) is 24.3 Å². The van der Waals surface area contributed by atoms with Gasteiger partial charge in [0, 0.05) is 11.1 Å². The van der Waals surface area contributed by atoms with Crippen molar-refractivity contribution in [1.29, 1.82) is 5.41 Å². The number of carbonyl (C=O) groups excluding carboxylic acids is 2. The van der Waals surface area contributed by atoms with E-state index in [4.69, 9.17) is 10.5 Å². The largest absolute Gasteiger partial charge is 0.480 e. The molecule has 1 aliphatic rings. The molecule has 5 nitrogen and oxygen atoms in total. The van der Waals surface area contributed by atoms with Crippen LogP contribution in [0.15, 0.2) is 36.4 Å². The van der Waals surface area contributed by atoms with E-state index >= 15 is 0 Å². The third-order valence-electron chi connectivity index (χ3n) is 3.44. The van der Waals surface area contributed by atoms with E-state index in [1.165, 1.54) is 6.07 Å². The van der Waals surface area contributed by atoms with E-state index in [9.17, 15) is 14.4 Å². The quantitative estimate of drug-likeness (QED) is 0.607. The summed E-state index contributed by atoms with van der Waals surface area (Å²) in [6.45, 7) is 0. The first-order valence-electron chi connectivity index (χ1n) is 5.93. The van der Waals surface area contributed by atoms with Crippen LogP contribution in [0.5, 0.6) is 0 Å². The number of benzene rings is 2. The molecule has 0 radical (unpaired) electrons. The SMILES string of the molecule is N=C1c2cc3ccccc3cc2C(=O)C(=O)C1C(=O)O. The van der Waals surface area contributed by atoms with Crippen molar-refractivity contribution in [1.82, 2.24) is 0 Å². The first-order chi connectivity index (χ1) is 9.50. The van der Waals surface area contributed by atoms with Crippen molar-refractivity contribution in [2.24, 2.45) is 5.92 Å². The lowest BCUT2D eigenvalue weighted by atomic mass is 9.79. The topological polar surface area (TPSA) is 95.3 Å². The molecule has 1 atom stereocenters. The number of nitrogens with one attached hydrogen (secondary N) is 1. The molecule has 5 heteroatoms. The third-order valence-corrected chi connectivity index (χ3v) is 3.44. The van der Waals surface area contributed by atoms with E-state index in [-0.39, 0.29) is 16.8 Å². The molecule has 20 heavy (non-hydrogen) atoms. The molecule has 0 amide bonds. The minimum atomic E-state index is -1.70. The van der Waals surface area contributed by atoms with Gasteiger partial charge in [-0.15, -0.1) is 0 Å². The van der Waals surface area contributed by atoms with E-state index in [0.717, 1.165) is 10.8 Å². The molecule has 0 fully saturated rings. The number of aliphatic carboxylic acids is 1. The van der Waals surface area contributed by atoms with Crippen LogP contribution >= 0.6 is 0 Å². The molecule has 0 saturated carbocycles. The number of hydrogen-bond acceptors (Lipinski definition) is 4. The molecule has 2 N–H and O–H groups in total. The van der Waals surface area contributed by atoms with Crippen LogP contribution in [0.2, 0.25) is 0 Å². The molecular formula is C15H9NO4. The van der Waals surface area contributed by atoms with Gasteiger partial charge in [-0.05, 0) is 22.9 Å². The standard InChI is InChI=1S/C15H9NO4/c16-12-9-5-7-3-1-2-4-8(7)6-10(9)13(17)14(18)11(12)15(19)20/h1-6,11,16H,(H,19,20). The lowest BCUT2D eigenvalue weighted by Crippen LogP contribution is -2.41. The summed E-state index contributed by atoms with van der Waals surface area (Å²) in [4.78, 5) is 34.9. The summed E-state index contributed by atoms with van der Waals surface area (Å²) in [5.41, 5.74) is -0.000229. The van der Waals surface area contributed by atoms with E-state index < -0.39 is 23.5 Å². The molecule has 1 aliphatic carbocycles. The molecule has 0 spiro atoms. The van der Waals surface area contributed by atoms with Crippen LogP contribution in [0.3, 0.4) is 0 Å². The smallest absolute Gasteiger partial charge is 0.320 e. The predicted octanol–water partition coefficient (Wildman–Crippen LogP) is 1.67. The average molecular weight is 267 g/mol. The van der Waals surface area contributed by atoms with Gasteiger partial charge in [0.1, 0.15) is 0 Å². The van der Waals surface area contributed by atoms with E-state index in [0.29, 0.717) is 0 Å². The number of carbonyl (C=O) groups is 3. The Morgan fingerprint density at radius 1 is 1.05 bits per heavy atom. The molecule has 0 aliphatic heterocycles. The van der Waals surface area contributed by atoms with Crippen molar-refractivity contribution in [3.63, 3.8) is 0 Å². The Kier molecular flexibility index (Phi) is 2.50. The van der Waals surface area contributed by atoms with Gasteiger partial charge in [-0.1, -0.05) is 24.3 Å². The van der Waals surface area contributed by atoms with Crippen LogP contribution in [0.1, 0.15) is 15.9 Å². The Morgan fingerprint density at radius 2 is 1.60 bits per heavy atom. The first-order valence-corrected chi connectivity index (χ1v) is 5.93. The number of rotatable bonds is 1. The number of Topliss-reactive ketones (excluding diaryl/α,β-unsaturated/α-hetero) is 2. The maximum absolute atomic E-state index is 12.0. The second kappa shape index (κ2) is 4.09. The van der Waals surface area contributed by atoms with Crippen molar-refractivity contribution in [2.45, 2.75) is 0 Å². The van der Waals surface area contributed by atoms with E-state index in [2.05, 4.69) is 0 Å². The van der Waals surface area contributed by atoms with Gasteiger partial charge < -0.3 is 10.5 Å². The van der Waals surface area contributed by atoms with Gasteiger partial charge in [0.15, 0.2) is 5.92 Å². The fourth-order valence-corrected chi connectivity index (χ4v) is 2.44. The van der Waals surface area contributed by atoms with Crippen molar-refractivity contribution < 1.29 is 19.5 Å². The van der Waals surface area contributed by atoms with Gasteiger partial charge in [-0.3, -0.25) is 14.4 Å². The summed E-state index contributed by atoms with van der Waals surface area (Å²) >= 11 is 0. The molecule has 2 aromatic rings. The zero-order valence-electron chi connectivity index (χ0n) is 10.2. The van der Waals surface area contributed by atoms with Crippen LogP contribution in [0.4, 0.5) is 0 Å². The zero-order chi connectivity index (χ0) is 14.4. The predicted molar refractivity (Wildman–Crippen MR) is 71.2 cm³/mol. The summed E-state index contributed by atoms with van der Waals surface area (Å²) in [6, 6.07) is 10.3. The lowest BCUT2D eigenvalue weighted by Gasteiger charge is -2.21. The highest BCUT2D eigenvalue weighted by Gasteiger charge is 2.42. The van der Waals surface area contributed by atoms with E-state index in [1.807, 2.05) is 6.07 Å². The summed E-state index contributed by atoms with van der Waals surface area (Å²) < 4.78 is 0. The average Bonchev–Trinajstić information content (AvgIpc) is 2.43. The Balaban J connectivity index is 2.31. The Hall–Kier alpha value is -2.82. The highest BCUT2D eigenvalue weighted by molar-refractivity contribution is 6.55. The monoisotopic (exact) mass is 267 g/mol. The fourth-order valence-electron chi connectivity index (χ4n) is 2.44. The third kappa shape index (κ3) is 1.56. The minimum Gasteiger partial charge on any atom is -0.480 e. The number of hydrogen-bond donors (Lipinski definition) is 2. The van der Waals surface area contributed by atoms with Crippen LogP contribution in [0, 0.1) is 11.3 Å². The second-order valence-electron chi connectivity index (χ2n) is 4.62. The highest BCUT2D eigenvalue weighted by Crippen LogP contribution is 2.28. The molecule has 1 unspecified atom stereocenters. The number of carboxylic acids is 1. The van der Waals surface area contributed by atoms with Crippen molar-refractivity contribution >= 4 is 34.0 Å². The van der Waals surface area contributed by atoms with Crippen molar-refractivity contribution in [2.75, 3.05) is 0 Å². The summed E-state index contributed by atoms with van der Waals surface area (Å²) in [5, 5.41) is 18.5. The summed E-state index contributed by atoms with van der Waals surface area (Å²) in [6.07, 6.45) is 0. The molecular weight excluding hydrogens is 258 g/mol. The molecule has 0 heterocycles. The molecule has 0 bridgehead atoms. The van der Waals surface area contributed by atoms with Crippen molar-refractivity contribution in [3.8, 4) is 0 Å². The van der Waals surface area contributed by atoms with Gasteiger partial charge in [0.2, 0.25) is 11.6 Å². The zero-order valence-corrected chi connectivity index (χ0v) is 10.2. The molecule has 2 aromatic carbocycles. The van der Waals surface area contributed by atoms with Crippen LogP contribution < -0.4 is 0 Å². The lowest BCUT2D eigenvalue weighted by molar-refractivity contribution is -0.142. The number of ketones is 2. The van der Waals surface area contributed by atoms with Gasteiger partial charge in [0.25, 0.3) is 0 Å². The highest BCUT2D eigenvalue weighted by atomic mass is 16.4. The maximum Gasteiger partial charge on any atom is 0.320 e. The fraction of sp³-hybridized carbons (Fsp3) is 0.0667. The van der Waals surface area contributed by atoms with Crippen LogP contribution in [0.25, 0.3) is 10.8 Å². The first kappa shape index (κ1) is 12.2. The minimum absolute atomic E-state index is 0.108. The van der Waals surface area contributed by atoms with Crippen molar-refractivity contribution in [3.05, 3.63) is 47.5 Å². The molecule has 0 saturated heterocycles. The van der Waals surface area contributed by atoms with Gasteiger partial charge >= 0.3 is 5.97 Å². The Labute approximate surface area is 113 Å². The second-order valence-corrected chi connectivity index (χ2v) is 4.62. The Bertz CT molecular complexity index is 807. The van der Waals surface area contributed by atoms with Gasteiger partial charge in [-0.2, -0.15) is 0 Å².